The average Bonchev–Trinajstić information content (AvgIpc) is 3.06. The Bertz CT molecular complexity index is 1500. The summed E-state index contributed by atoms with van der Waals surface area (Å²) in [7, 11) is 0. The number of pyridine rings is 1. The van der Waals surface area contributed by atoms with E-state index in [1.807, 2.05) is 0 Å². The van der Waals surface area contributed by atoms with Crippen LogP contribution < -0.4 is 15.5 Å². The number of aromatic nitrogens is 1. The number of rotatable bonds is 6. The summed E-state index contributed by atoms with van der Waals surface area (Å²) in [5.41, 5.74) is -1.39. The van der Waals surface area contributed by atoms with Crippen LogP contribution in [0.4, 0.5) is 17.6 Å². The molecule has 0 radical (unpaired) electrons. The Hall–Kier alpha value is -4.41. The average molecular weight is 527 g/mol. The Morgan fingerprint density at radius 1 is 1.05 bits per heavy atom. The molecule has 0 spiro atoms. The van der Waals surface area contributed by atoms with Gasteiger partial charge >= 0.3 is 0 Å². The van der Waals surface area contributed by atoms with Crippen molar-refractivity contribution in [1.82, 2.24) is 14.8 Å². The van der Waals surface area contributed by atoms with Crippen molar-refractivity contribution in [1.29, 1.82) is 0 Å². The molecule has 0 saturated heterocycles. The monoisotopic (exact) mass is 527 g/mol. The molecule has 2 aliphatic heterocycles. The minimum Gasteiger partial charge on any atom is -0.483 e. The van der Waals surface area contributed by atoms with Crippen molar-refractivity contribution in [2.24, 2.45) is 0 Å². The van der Waals surface area contributed by atoms with E-state index in [-0.39, 0.29) is 37.6 Å². The summed E-state index contributed by atoms with van der Waals surface area (Å²) in [4.78, 5) is 41.2. The summed E-state index contributed by atoms with van der Waals surface area (Å²) in [5.74, 6) is -5.93. The van der Waals surface area contributed by atoms with Gasteiger partial charge in [-0.3, -0.25) is 14.4 Å². The maximum absolute atomic E-state index is 14.4. The molecule has 0 fully saturated rings. The molecule has 7 nitrogen and oxygen atoms in total. The second kappa shape index (κ2) is 10.2. The van der Waals surface area contributed by atoms with Gasteiger partial charge in [0.2, 0.25) is 5.43 Å². The van der Waals surface area contributed by atoms with E-state index in [4.69, 9.17) is 4.74 Å². The highest BCUT2D eigenvalue weighted by atomic mass is 19.1. The number of nitrogens with zero attached hydrogens (tertiary/aromatic N) is 2. The second-order valence-electron chi connectivity index (χ2n) is 8.98. The zero-order valence-corrected chi connectivity index (χ0v) is 19.8. The summed E-state index contributed by atoms with van der Waals surface area (Å²) >= 11 is 0. The lowest BCUT2D eigenvalue weighted by atomic mass is 10.1. The van der Waals surface area contributed by atoms with Crippen molar-refractivity contribution in [3.05, 3.63) is 111 Å². The maximum Gasteiger partial charge on any atom is 0.274 e. The van der Waals surface area contributed by atoms with Crippen LogP contribution in [0.25, 0.3) is 0 Å². The summed E-state index contributed by atoms with van der Waals surface area (Å²) in [6.45, 7) is -0.606. The van der Waals surface area contributed by atoms with Crippen LogP contribution in [0.2, 0.25) is 0 Å². The van der Waals surface area contributed by atoms with Gasteiger partial charge in [-0.15, -0.1) is 0 Å². The molecule has 0 saturated carbocycles. The van der Waals surface area contributed by atoms with Crippen molar-refractivity contribution >= 4 is 11.8 Å². The molecule has 1 atom stereocenters. The van der Waals surface area contributed by atoms with E-state index in [1.54, 1.807) is 30.3 Å². The number of amides is 2. The first-order chi connectivity index (χ1) is 18.2. The smallest absolute Gasteiger partial charge is 0.274 e. The van der Waals surface area contributed by atoms with Crippen LogP contribution in [-0.2, 0) is 13.2 Å². The molecule has 1 aromatic heterocycles. The van der Waals surface area contributed by atoms with Crippen molar-refractivity contribution in [2.45, 2.75) is 25.6 Å². The van der Waals surface area contributed by atoms with Crippen molar-refractivity contribution in [3.63, 3.8) is 0 Å². The SMILES string of the molecule is O=C(NCc1c(F)cc(F)cc1F)c1cn2c(c(OCc3ccccc3)c1=O)C(=O)N1CC=C(F)CC2C1. The van der Waals surface area contributed by atoms with Crippen LogP contribution in [0, 0.1) is 17.5 Å². The molecule has 2 amide bonds. The first kappa shape index (κ1) is 25.2. The van der Waals surface area contributed by atoms with Crippen LogP contribution >= 0.6 is 0 Å². The standard InChI is InChI=1S/C27H21F4N3O4/c28-16-6-7-33-12-18(8-16)34-13-20(26(36)32-11-19-21(30)9-17(29)10-22(19)31)24(35)25(23(34)27(33)37)38-14-15-4-2-1-3-5-15/h1-6,9-10,13,18H,7-8,11-12,14H2,(H,32,36). The number of carbonyl (C=O) groups excluding carboxylic acids is 2. The van der Waals surface area contributed by atoms with Crippen LogP contribution in [0.15, 0.2) is 65.4 Å². The largest absolute Gasteiger partial charge is 0.483 e. The zero-order valence-electron chi connectivity index (χ0n) is 19.8. The van der Waals surface area contributed by atoms with Crippen LogP contribution in [-0.4, -0.2) is 34.4 Å². The van der Waals surface area contributed by atoms with E-state index in [0.717, 1.165) is 6.20 Å². The van der Waals surface area contributed by atoms with Crippen molar-refractivity contribution in [3.8, 4) is 5.75 Å². The fourth-order valence-corrected chi connectivity index (χ4v) is 4.55. The third-order valence-corrected chi connectivity index (χ3v) is 6.47. The van der Waals surface area contributed by atoms with Gasteiger partial charge in [-0.05, 0) is 11.6 Å². The lowest BCUT2D eigenvalue weighted by molar-refractivity contribution is 0.0683. The number of hydrogen-bond donors (Lipinski definition) is 1. The number of ether oxygens (including phenoxy) is 1. The quantitative estimate of drug-likeness (QED) is 0.491. The van der Waals surface area contributed by atoms with Crippen LogP contribution in [0.5, 0.6) is 5.75 Å². The maximum atomic E-state index is 14.4. The molecule has 5 rings (SSSR count). The molecule has 2 bridgehead atoms. The van der Waals surface area contributed by atoms with E-state index in [2.05, 4.69) is 5.32 Å². The Balaban J connectivity index is 1.54. The fraction of sp³-hybridized carbons (Fsp3) is 0.222. The van der Waals surface area contributed by atoms with Gasteiger partial charge in [0.25, 0.3) is 11.8 Å². The molecule has 3 heterocycles. The molecule has 2 aromatic carbocycles. The third kappa shape index (κ3) is 4.79. The highest BCUT2D eigenvalue weighted by Crippen LogP contribution is 2.33. The lowest BCUT2D eigenvalue weighted by Gasteiger charge is -2.35. The number of halogens is 4. The first-order valence-corrected chi connectivity index (χ1v) is 11.7. The first-order valence-electron chi connectivity index (χ1n) is 11.7. The summed E-state index contributed by atoms with van der Waals surface area (Å²) in [6, 6.07) is 9.13. The molecular weight excluding hydrogens is 506 g/mol. The number of benzene rings is 2. The van der Waals surface area contributed by atoms with E-state index >= 15 is 0 Å². The molecule has 3 aromatic rings. The zero-order chi connectivity index (χ0) is 27.0. The number of allylic oxidation sites excluding steroid dienone is 1. The molecule has 11 heteroatoms. The normalized spacial score (nSPS) is 16.4. The number of nitrogens with one attached hydrogen (secondary N) is 1. The Labute approximate surface area is 213 Å². The van der Waals surface area contributed by atoms with Gasteiger partial charge in [0, 0.05) is 49.9 Å². The predicted octanol–water partition coefficient (Wildman–Crippen LogP) is 4.03. The highest BCUT2D eigenvalue weighted by molar-refractivity contribution is 5.99. The second-order valence-corrected chi connectivity index (χ2v) is 8.98. The fourth-order valence-electron chi connectivity index (χ4n) is 4.55. The van der Waals surface area contributed by atoms with Gasteiger partial charge in [-0.1, -0.05) is 30.3 Å². The number of hydrogen-bond acceptors (Lipinski definition) is 4. The van der Waals surface area contributed by atoms with Gasteiger partial charge in [-0.25, -0.2) is 17.6 Å². The highest BCUT2D eigenvalue weighted by Gasteiger charge is 2.37. The number of fused-ring (bicyclic) bond motifs is 4. The molecule has 2 aliphatic rings. The van der Waals surface area contributed by atoms with Crippen molar-refractivity contribution < 1.29 is 31.9 Å². The van der Waals surface area contributed by atoms with E-state index < -0.39 is 64.2 Å². The molecule has 0 aliphatic carbocycles. The minimum atomic E-state index is -1.21. The number of carbonyl (C=O) groups is 2. The molecule has 1 N–H and O–H groups in total. The Kier molecular flexibility index (Phi) is 6.75. The van der Waals surface area contributed by atoms with Gasteiger partial charge in [0.15, 0.2) is 11.4 Å². The predicted molar refractivity (Wildman–Crippen MR) is 128 cm³/mol. The third-order valence-electron chi connectivity index (χ3n) is 6.47. The molecule has 38 heavy (non-hydrogen) atoms. The summed E-state index contributed by atoms with van der Waals surface area (Å²) in [6.07, 6.45) is 2.34. The lowest BCUT2D eigenvalue weighted by Crippen LogP contribution is -2.45. The van der Waals surface area contributed by atoms with Gasteiger partial charge in [0.1, 0.15) is 29.6 Å². The summed E-state index contributed by atoms with van der Waals surface area (Å²) in [5, 5.41) is 2.26. The topological polar surface area (TPSA) is 80.6 Å². The van der Waals surface area contributed by atoms with Crippen molar-refractivity contribution in [2.75, 3.05) is 13.1 Å². The van der Waals surface area contributed by atoms with Gasteiger partial charge in [0.05, 0.1) is 11.9 Å². The molecule has 196 valence electrons. The van der Waals surface area contributed by atoms with E-state index in [0.29, 0.717) is 17.7 Å². The Morgan fingerprint density at radius 3 is 2.47 bits per heavy atom. The Morgan fingerprint density at radius 2 is 1.76 bits per heavy atom. The van der Waals surface area contributed by atoms with Crippen LogP contribution in [0.1, 0.15) is 44.4 Å². The minimum absolute atomic E-state index is 0.0184. The van der Waals surface area contributed by atoms with Crippen LogP contribution in [0.3, 0.4) is 0 Å². The van der Waals surface area contributed by atoms with E-state index in [1.165, 1.54) is 15.5 Å². The van der Waals surface area contributed by atoms with Gasteiger partial charge in [-0.2, -0.15) is 0 Å². The summed E-state index contributed by atoms with van der Waals surface area (Å²) < 4.78 is 62.8. The molecule has 1 unspecified atom stereocenters. The van der Waals surface area contributed by atoms with Gasteiger partial charge < -0.3 is 19.5 Å². The molecular formula is C27H21F4N3O4. The van der Waals surface area contributed by atoms with E-state index in [9.17, 15) is 31.9 Å².